The molecule has 1 rings (SSSR count). The molecule has 0 aliphatic heterocycles. The molecule has 1 heterocycles. The van der Waals surface area contributed by atoms with Crippen molar-refractivity contribution in [2.45, 2.75) is 26.5 Å². The first kappa shape index (κ1) is 14.1. The molecule has 0 aromatic carbocycles. The van der Waals surface area contributed by atoms with E-state index in [4.69, 9.17) is 4.74 Å². The fourth-order valence-corrected chi connectivity index (χ4v) is 2.11. The molecule has 0 saturated heterocycles. The van der Waals surface area contributed by atoms with Crippen molar-refractivity contribution in [2.75, 3.05) is 18.1 Å². The molecule has 17 heavy (non-hydrogen) atoms. The Kier molecular flexibility index (Phi) is 6.73. The molecule has 1 N–H and O–H groups in total. The van der Waals surface area contributed by atoms with E-state index >= 15 is 0 Å². The monoisotopic (exact) mass is 258 g/mol. The Bertz CT molecular complexity index is 427. The summed E-state index contributed by atoms with van der Waals surface area (Å²) in [5, 5.41) is 0. The van der Waals surface area contributed by atoms with E-state index in [-0.39, 0.29) is 12.3 Å². The molecule has 5 nitrogen and oxygen atoms in total. The third-order valence-corrected chi connectivity index (χ3v) is 3.17. The van der Waals surface area contributed by atoms with Gasteiger partial charge in [-0.3, -0.25) is 14.3 Å². The molecule has 0 saturated carbocycles. The van der Waals surface area contributed by atoms with Crippen molar-refractivity contribution in [3.05, 3.63) is 33.1 Å². The van der Waals surface area contributed by atoms with E-state index < -0.39 is 5.69 Å². The third kappa shape index (κ3) is 5.74. The van der Waals surface area contributed by atoms with Crippen LogP contribution < -0.4 is 11.2 Å². The van der Waals surface area contributed by atoms with Gasteiger partial charge in [-0.15, -0.1) is 0 Å². The molecule has 0 aliphatic rings. The highest BCUT2D eigenvalue weighted by atomic mass is 32.2. The highest BCUT2D eigenvalue weighted by molar-refractivity contribution is 7.99. The summed E-state index contributed by atoms with van der Waals surface area (Å²) in [6.45, 7) is 2.96. The molecule has 1 aromatic heterocycles. The van der Waals surface area contributed by atoms with Crippen LogP contribution in [0.3, 0.4) is 0 Å². The zero-order valence-electron chi connectivity index (χ0n) is 9.98. The summed E-state index contributed by atoms with van der Waals surface area (Å²) < 4.78 is 6.67. The second kappa shape index (κ2) is 8.14. The summed E-state index contributed by atoms with van der Waals surface area (Å²) in [6.07, 6.45) is 3.87. The van der Waals surface area contributed by atoms with Gasteiger partial charge in [0, 0.05) is 18.0 Å². The maximum atomic E-state index is 11.3. The second-order valence-electron chi connectivity index (χ2n) is 3.58. The van der Waals surface area contributed by atoms with Gasteiger partial charge in [-0.05, 0) is 12.2 Å². The van der Waals surface area contributed by atoms with E-state index in [1.165, 1.54) is 29.7 Å². The molecular formula is C11H18N2O3S. The first-order chi connectivity index (χ1) is 8.24. The van der Waals surface area contributed by atoms with Gasteiger partial charge in [0.15, 0.2) is 0 Å². The summed E-state index contributed by atoms with van der Waals surface area (Å²) >= 11 is 1.85. The van der Waals surface area contributed by atoms with E-state index in [1.54, 1.807) is 0 Å². The summed E-state index contributed by atoms with van der Waals surface area (Å²) in [5.74, 6) is 2.08. The molecule has 0 spiro atoms. The number of nitrogens with one attached hydrogen (secondary N) is 1. The summed E-state index contributed by atoms with van der Waals surface area (Å²) in [6, 6.07) is 1.31. The van der Waals surface area contributed by atoms with Crippen molar-refractivity contribution in [3.63, 3.8) is 0 Å². The van der Waals surface area contributed by atoms with Gasteiger partial charge in [-0.1, -0.05) is 13.3 Å². The highest BCUT2D eigenvalue weighted by Crippen LogP contribution is 2.03. The SMILES string of the molecule is CCCCSCCOCn1ccc(=O)[nH]c1=O. The Hall–Kier alpha value is -1.01. The lowest BCUT2D eigenvalue weighted by Crippen LogP contribution is -2.29. The van der Waals surface area contributed by atoms with Crippen molar-refractivity contribution in [2.24, 2.45) is 0 Å². The van der Waals surface area contributed by atoms with E-state index in [9.17, 15) is 9.59 Å². The minimum atomic E-state index is -0.434. The normalized spacial score (nSPS) is 10.6. The van der Waals surface area contributed by atoms with Crippen LogP contribution in [-0.2, 0) is 11.5 Å². The van der Waals surface area contributed by atoms with Crippen LogP contribution in [0.2, 0.25) is 0 Å². The molecule has 1 aromatic rings. The summed E-state index contributed by atoms with van der Waals surface area (Å²) in [5.41, 5.74) is -0.822. The molecule has 96 valence electrons. The van der Waals surface area contributed by atoms with Gasteiger partial charge >= 0.3 is 5.69 Å². The minimum Gasteiger partial charge on any atom is -0.360 e. The fourth-order valence-electron chi connectivity index (χ4n) is 1.18. The van der Waals surface area contributed by atoms with E-state index in [1.807, 2.05) is 11.8 Å². The van der Waals surface area contributed by atoms with Crippen LogP contribution in [0.15, 0.2) is 21.9 Å². The van der Waals surface area contributed by atoms with Gasteiger partial charge in [-0.2, -0.15) is 11.8 Å². The van der Waals surface area contributed by atoms with Crippen LogP contribution in [0, 0.1) is 0 Å². The summed E-state index contributed by atoms with van der Waals surface area (Å²) in [4.78, 5) is 24.2. The number of hydrogen-bond acceptors (Lipinski definition) is 4. The number of aromatic nitrogens is 2. The Morgan fingerprint density at radius 2 is 2.24 bits per heavy atom. The average Bonchev–Trinajstić information content (AvgIpc) is 2.30. The van der Waals surface area contributed by atoms with Crippen molar-refractivity contribution in [1.82, 2.24) is 9.55 Å². The number of aromatic amines is 1. The zero-order valence-corrected chi connectivity index (χ0v) is 10.8. The van der Waals surface area contributed by atoms with Crippen molar-refractivity contribution >= 4 is 11.8 Å². The molecule has 6 heteroatoms. The average molecular weight is 258 g/mol. The fraction of sp³-hybridized carbons (Fsp3) is 0.636. The third-order valence-electron chi connectivity index (χ3n) is 2.14. The van der Waals surface area contributed by atoms with Crippen LogP contribution >= 0.6 is 11.8 Å². The van der Waals surface area contributed by atoms with Crippen LogP contribution in [0.1, 0.15) is 19.8 Å². The zero-order chi connectivity index (χ0) is 12.5. The first-order valence-electron chi connectivity index (χ1n) is 5.69. The quantitative estimate of drug-likeness (QED) is 0.708. The Labute approximate surface area is 104 Å². The number of ether oxygens (including phenoxy) is 1. The minimum absolute atomic E-state index is 0.184. The van der Waals surface area contributed by atoms with Crippen LogP contribution in [-0.4, -0.2) is 27.7 Å². The number of rotatable bonds is 8. The van der Waals surface area contributed by atoms with Gasteiger partial charge in [0.05, 0.1) is 6.61 Å². The van der Waals surface area contributed by atoms with Crippen LogP contribution in [0.5, 0.6) is 0 Å². The van der Waals surface area contributed by atoms with Crippen molar-refractivity contribution < 1.29 is 4.74 Å². The number of unbranched alkanes of at least 4 members (excludes halogenated alkanes) is 1. The second-order valence-corrected chi connectivity index (χ2v) is 4.81. The predicted octanol–water partition coefficient (Wildman–Crippen LogP) is 1.04. The maximum absolute atomic E-state index is 11.3. The molecule has 0 radical (unpaired) electrons. The van der Waals surface area contributed by atoms with Gasteiger partial charge in [0.1, 0.15) is 6.73 Å². The lowest BCUT2D eigenvalue weighted by molar-refractivity contribution is 0.0863. The molecule has 0 bridgehead atoms. The topological polar surface area (TPSA) is 64.1 Å². The smallest absolute Gasteiger partial charge is 0.330 e. The Morgan fingerprint density at radius 3 is 2.94 bits per heavy atom. The highest BCUT2D eigenvalue weighted by Gasteiger charge is 1.96. The van der Waals surface area contributed by atoms with Crippen molar-refractivity contribution in [1.29, 1.82) is 0 Å². The molecule has 0 unspecified atom stereocenters. The molecule has 0 fully saturated rings. The van der Waals surface area contributed by atoms with E-state index in [0.29, 0.717) is 6.61 Å². The van der Waals surface area contributed by atoms with Crippen LogP contribution in [0.4, 0.5) is 0 Å². The number of H-pyrrole nitrogens is 1. The number of nitrogens with zero attached hydrogens (tertiary/aromatic N) is 1. The lowest BCUT2D eigenvalue weighted by Gasteiger charge is -2.05. The first-order valence-corrected chi connectivity index (χ1v) is 6.84. The summed E-state index contributed by atoms with van der Waals surface area (Å²) in [7, 11) is 0. The number of hydrogen-bond donors (Lipinski definition) is 1. The molecule has 0 amide bonds. The van der Waals surface area contributed by atoms with E-state index in [0.717, 1.165) is 11.5 Å². The van der Waals surface area contributed by atoms with E-state index in [2.05, 4.69) is 11.9 Å². The van der Waals surface area contributed by atoms with Gasteiger partial charge in [0.25, 0.3) is 5.56 Å². The van der Waals surface area contributed by atoms with Gasteiger partial charge in [0.2, 0.25) is 0 Å². The van der Waals surface area contributed by atoms with Gasteiger partial charge in [-0.25, -0.2) is 4.79 Å². The Balaban J connectivity index is 2.18. The molecular weight excluding hydrogens is 240 g/mol. The number of thioether (sulfide) groups is 1. The predicted molar refractivity (Wildman–Crippen MR) is 69.5 cm³/mol. The molecule has 0 atom stereocenters. The van der Waals surface area contributed by atoms with Crippen molar-refractivity contribution in [3.8, 4) is 0 Å². The van der Waals surface area contributed by atoms with Gasteiger partial charge < -0.3 is 4.74 Å². The maximum Gasteiger partial charge on any atom is 0.330 e. The standard InChI is InChI=1S/C11H18N2O3S/c1-2-3-7-17-8-6-16-9-13-5-4-10(14)12-11(13)15/h4-5H,2-3,6-9H2,1H3,(H,12,14,15). The lowest BCUT2D eigenvalue weighted by atomic mass is 10.4. The Morgan fingerprint density at radius 1 is 1.41 bits per heavy atom. The molecule has 0 aliphatic carbocycles. The van der Waals surface area contributed by atoms with Crippen LogP contribution in [0.25, 0.3) is 0 Å². The largest absolute Gasteiger partial charge is 0.360 e.